The first-order valence-corrected chi connectivity index (χ1v) is 35.4. The topological polar surface area (TPSA) is 409 Å². The van der Waals surface area contributed by atoms with E-state index in [1.54, 1.807) is 20.8 Å². The van der Waals surface area contributed by atoms with E-state index < -0.39 is 123 Å². The number of rotatable bonds is 53. The quantitative estimate of drug-likeness (QED) is 0.0389. The summed E-state index contributed by atoms with van der Waals surface area (Å²) in [6.45, 7) is 10.9. The summed E-state index contributed by atoms with van der Waals surface area (Å²) in [7, 11) is 0. The lowest BCUT2D eigenvalue weighted by Gasteiger charge is -2.40. The van der Waals surface area contributed by atoms with Gasteiger partial charge in [0.2, 0.25) is 29.5 Å². The van der Waals surface area contributed by atoms with Gasteiger partial charge < -0.3 is 106 Å². The fourth-order valence-electron chi connectivity index (χ4n) is 11.6. The highest BCUT2D eigenvalue weighted by molar-refractivity contribution is 5.92. The van der Waals surface area contributed by atoms with Gasteiger partial charge in [-0.15, -0.1) is 0 Å². The molecule has 0 aromatic carbocycles. The van der Waals surface area contributed by atoms with Gasteiger partial charge in [-0.3, -0.25) is 28.8 Å². The van der Waals surface area contributed by atoms with Gasteiger partial charge in [0, 0.05) is 108 Å². The summed E-state index contributed by atoms with van der Waals surface area (Å²) in [5, 5.41) is 105. The van der Waals surface area contributed by atoms with Crippen LogP contribution in [-0.4, -0.2) is 240 Å². The van der Waals surface area contributed by atoms with E-state index in [2.05, 4.69) is 26.6 Å². The molecule has 548 valence electrons. The lowest BCUT2D eigenvalue weighted by atomic mass is 9.91. The van der Waals surface area contributed by atoms with Crippen molar-refractivity contribution in [3.8, 4) is 0 Å². The Morgan fingerprint density at radius 3 is 1.12 bits per heavy atom. The molecule has 0 bridgehead atoms. The minimum Gasteiger partial charge on any atom is -0.394 e. The largest absolute Gasteiger partial charge is 0.394 e. The standard InChI is InChI=1S/C67H123N5O22/c1-44(2)88-36-22-7-6-18-32-68-54(77)28-12-8-19-35-71-64(87)48(26-16-20-33-69-55(78)29-13-9-23-37-89-65-45(3)58(81)61(84)51(41-73)92-65)40-50(76)49(72-57(80)31-15-11-25-39-91-67-47(5)60(83)63(86)53(43-75)94-67)27-17-21-34-70-56(79)30-14-10-24-38-90-66-46(4)59(82)62(85)52(42-74)93-66/h44-49,51-53,58-63,65-67,73-75,81-86H,6-43H2,1-5H3,(H,68,77)(H,69,78)(H,70,79)(H,71,87)(H,72,80)/t45?,46?,47?,48?,49?,51?,52?,53?,58-,59-,60-,61+,62+,63+,65-,66-,67-/m1/s1. The Hall–Kier alpha value is -3.62. The van der Waals surface area contributed by atoms with E-state index in [1.165, 1.54) is 0 Å². The molecular formula is C67H123N5O22. The van der Waals surface area contributed by atoms with Crippen molar-refractivity contribution in [2.75, 3.05) is 72.4 Å². The number of aliphatic hydroxyl groups excluding tert-OH is 9. The summed E-state index contributed by atoms with van der Waals surface area (Å²) in [4.78, 5) is 80.1. The highest BCUT2D eigenvalue weighted by Gasteiger charge is 2.45. The molecule has 3 aliphatic heterocycles. The van der Waals surface area contributed by atoms with Crippen molar-refractivity contribution in [3.63, 3.8) is 0 Å². The van der Waals surface area contributed by atoms with Crippen LogP contribution in [0.15, 0.2) is 0 Å². The van der Waals surface area contributed by atoms with Gasteiger partial charge in [0.25, 0.3) is 0 Å². The number of carbonyl (C=O) groups excluding carboxylic acids is 6. The first-order valence-electron chi connectivity index (χ1n) is 35.4. The van der Waals surface area contributed by atoms with Crippen molar-refractivity contribution >= 4 is 35.3 Å². The third-order valence-electron chi connectivity index (χ3n) is 17.9. The van der Waals surface area contributed by atoms with Gasteiger partial charge in [0.15, 0.2) is 24.7 Å². The summed E-state index contributed by atoms with van der Waals surface area (Å²) < 4.78 is 39.9. The second-order valence-electron chi connectivity index (χ2n) is 26.2. The van der Waals surface area contributed by atoms with Gasteiger partial charge in [0.1, 0.15) is 36.6 Å². The fraction of sp³-hybridized carbons (Fsp3) is 0.910. The maximum Gasteiger partial charge on any atom is 0.223 e. The van der Waals surface area contributed by atoms with E-state index in [0.29, 0.717) is 155 Å². The van der Waals surface area contributed by atoms with E-state index in [1.807, 2.05) is 13.8 Å². The normalized spacial score (nSPS) is 26.9. The summed E-state index contributed by atoms with van der Waals surface area (Å²) in [6, 6.07) is -0.925. The molecule has 8 unspecified atom stereocenters. The number of hydrogen-bond donors (Lipinski definition) is 14. The number of Topliss-reactive ketones (excluding diaryl/α,β-unsaturated/α-hetero) is 1. The summed E-state index contributed by atoms with van der Waals surface area (Å²) in [6.07, 6.45) is 2.65. The van der Waals surface area contributed by atoms with Crippen molar-refractivity contribution < 1.29 is 108 Å². The predicted octanol–water partition coefficient (Wildman–Crippen LogP) is 2.35. The van der Waals surface area contributed by atoms with Crippen LogP contribution in [0, 0.1) is 23.7 Å². The number of nitrogens with one attached hydrogen (secondary N) is 5. The SMILES string of the molecule is CC(C)OCCCCCCNC(=O)CCCCCNC(=O)C(CCCCNC(=O)CCCCCO[C@@H]1OC(CO)[C@H](O)[C@H](O)C1C)CC(=O)C(CCCCNC(=O)CCCCCO[C@@H]1OC(CO)[C@H](O)[C@H](O)C1C)NC(=O)CCCCCO[C@@H]1OC(CO)[C@H](O)[C@H](O)C1C. The van der Waals surface area contributed by atoms with E-state index in [4.69, 9.17) is 33.2 Å². The molecule has 3 heterocycles. The average molecular weight is 1350 g/mol. The molecule has 0 radical (unpaired) electrons. The zero-order valence-electron chi connectivity index (χ0n) is 57.1. The van der Waals surface area contributed by atoms with Gasteiger partial charge in [-0.05, 0) is 110 Å². The van der Waals surface area contributed by atoms with Crippen LogP contribution in [0.25, 0.3) is 0 Å². The molecule has 0 saturated carbocycles. The average Bonchev–Trinajstić information content (AvgIpc) is 0.854. The molecule has 3 aliphatic rings. The third kappa shape index (κ3) is 33.8. The van der Waals surface area contributed by atoms with E-state index in [0.717, 1.165) is 32.3 Å². The molecule has 0 aliphatic carbocycles. The Bertz CT molecular complexity index is 2060. The Morgan fingerprint density at radius 2 is 0.723 bits per heavy atom. The number of amides is 5. The van der Waals surface area contributed by atoms with Gasteiger partial charge in [-0.2, -0.15) is 0 Å². The van der Waals surface area contributed by atoms with Crippen LogP contribution in [0.4, 0.5) is 0 Å². The Labute approximate surface area is 557 Å². The minimum atomic E-state index is -1.25. The molecule has 14 N–H and O–H groups in total. The maximum absolute atomic E-state index is 14.4. The lowest BCUT2D eigenvalue weighted by Crippen LogP contribution is -2.55. The molecule has 3 rings (SSSR count). The van der Waals surface area contributed by atoms with Crippen LogP contribution in [0.2, 0.25) is 0 Å². The van der Waals surface area contributed by atoms with E-state index >= 15 is 0 Å². The van der Waals surface area contributed by atoms with Crippen LogP contribution in [0.1, 0.15) is 208 Å². The Kier molecular flexibility index (Phi) is 44.8. The predicted molar refractivity (Wildman–Crippen MR) is 347 cm³/mol. The highest BCUT2D eigenvalue weighted by Crippen LogP contribution is 2.30. The third-order valence-corrected chi connectivity index (χ3v) is 17.9. The molecule has 3 fully saturated rings. The van der Waals surface area contributed by atoms with Gasteiger partial charge in [-0.1, -0.05) is 65.7 Å². The number of ketones is 1. The molecule has 0 spiro atoms. The smallest absolute Gasteiger partial charge is 0.223 e. The highest BCUT2D eigenvalue weighted by atomic mass is 16.7. The first-order chi connectivity index (χ1) is 45.1. The Balaban J connectivity index is 1.55. The fourth-order valence-corrected chi connectivity index (χ4v) is 11.6. The monoisotopic (exact) mass is 1350 g/mol. The molecule has 27 heteroatoms. The van der Waals surface area contributed by atoms with Crippen LogP contribution in [-0.2, 0) is 61.9 Å². The molecule has 5 amide bonds. The molecule has 94 heavy (non-hydrogen) atoms. The molecule has 0 aromatic heterocycles. The lowest BCUT2D eigenvalue weighted by molar-refractivity contribution is -0.282. The number of aliphatic hydroxyl groups is 9. The zero-order chi connectivity index (χ0) is 69.2. The van der Waals surface area contributed by atoms with Crippen molar-refractivity contribution in [3.05, 3.63) is 0 Å². The van der Waals surface area contributed by atoms with Crippen LogP contribution in [0.3, 0.4) is 0 Å². The number of unbranched alkanes of at least 4 members (excludes halogenated alkanes) is 13. The van der Waals surface area contributed by atoms with Gasteiger partial charge >= 0.3 is 0 Å². The van der Waals surface area contributed by atoms with Crippen molar-refractivity contribution in [1.29, 1.82) is 0 Å². The van der Waals surface area contributed by atoms with Crippen LogP contribution in [0.5, 0.6) is 0 Å². The number of hydrogen-bond acceptors (Lipinski definition) is 22. The second kappa shape index (κ2) is 49.8. The maximum atomic E-state index is 14.4. The molecule has 3 saturated heterocycles. The first kappa shape index (κ1) is 84.6. The molecule has 17 atom stereocenters. The molecule has 27 nitrogen and oxygen atoms in total. The molecule has 0 aromatic rings. The van der Waals surface area contributed by atoms with Crippen molar-refractivity contribution in [2.45, 2.75) is 294 Å². The molecular weight excluding hydrogens is 1230 g/mol. The summed E-state index contributed by atoms with van der Waals surface area (Å²) in [5.41, 5.74) is 0. The van der Waals surface area contributed by atoms with Gasteiger partial charge in [-0.25, -0.2) is 0 Å². The summed E-state index contributed by atoms with van der Waals surface area (Å²) in [5.74, 6) is -3.55. The van der Waals surface area contributed by atoms with E-state index in [9.17, 15) is 74.7 Å². The van der Waals surface area contributed by atoms with Crippen LogP contribution >= 0.6 is 0 Å². The number of carbonyl (C=O) groups is 6. The van der Waals surface area contributed by atoms with E-state index in [-0.39, 0.29) is 80.1 Å². The van der Waals surface area contributed by atoms with Gasteiger partial charge in [0.05, 0.1) is 50.3 Å². The second-order valence-corrected chi connectivity index (χ2v) is 26.2. The van der Waals surface area contributed by atoms with Crippen molar-refractivity contribution in [1.82, 2.24) is 26.6 Å². The Morgan fingerprint density at radius 1 is 0.394 bits per heavy atom. The summed E-state index contributed by atoms with van der Waals surface area (Å²) >= 11 is 0. The van der Waals surface area contributed by atoms with Crippen LogP contribution < -0.4 is 26.6 Å². The zero-order valence-corrected chi connectivity index (χ0v) is 57.1. The number of ether oxygens (including phenoxy) is 7. The van der Waals surface area contributed by atoms with Crippen molar-refractivity contribution in [2.24, 2.45) is 23.7 Å². The minimum absolute atomic E-state index is 0.0100.